The van der Waals surface area contributed by atoms with Crippen LogP contribution in [0.2, 0.25) is 0 Å². The standard InChI is InChI=1S/C14H13FN2O3S/c1-21(18,19)17-13(10-4-2-5-11(15)8-10)9-12(16-17)14-6-3-7-20-14/h2-8,13H,9H2,1H3/t13-/m1/s1. The van der Waals surface area contributed by atoms with Crippen LogP contribution in [0.15, 0.2) is 52.2 Å². The molecule has 0 spiro atoms. The molecule has 0 unspecified atom stereocenters. The quantitative estimate of drug-likeness (QED) is 0.875. The second kappa shape index (κ2) is 5.00. The van der Waals surface area contributed by atoms with Gasteiger partial charge in [0, 0.05) is 6.42 Å². The van der Waals surface area contributed by atoms with E-state index in [4.69, 9.17) is 4.42 Å². The molecule has 0 fully saturated rings. The summed E-state index contributed by atoms with van der Waals surface area (Å²) >= 11 is 0. The zero-order chi connectivity index (χ0) is 15.0. The van der Waals surface area contributed by atoms with Gasteiger partial charge in [-0.2, -0.15) is 9.52 Å². The molecule has 7 heteroatoms. The third kappa shape index (κ3) is 2.69. The zero-order valence-corrected chi connectivity index (χ0v) is 12.0. The van der Waals surface area contributed by atoms with Gasteiger partial charge in [0.1, 0.15) is 17.3 Å². The second-order valence-electron chi connectivity index (χ2n) is 4.83. The van der Waals surface area contributed by atoms with Crippen LogP contribution >= 0.6 is 0 Å². The van der Waals surface area contributed by atoms with Gasteiger partial charge in [-0.15, -0.1) is 0 Å². The fourth-order valence-electron chi connectivity index (χ4n) is 2.35. The monoisotopic (exact) mass is 308 g/mol. The summed E-state index contributed by atoms with van der Waals surface area (Å²) in [5.74, 6) is 0.106. The van der Waals surface area contributed by atoms with Crippen molar-refractivity contribution in [3.05, 3.63) is 59.8 Å². The largest absolute Gasteiger partial charge is 0.463 e. The number of nitrogens with zero attached hydrogens (tertiary/aromatic N) is 2. The summed E-state index contributed by atoms with van der Waals surface area (Å²) in [5.41, 5.74) is 1.09. The van der Waals surface area contributed by atoms with Crippen LogP contribution in [0.25, 0.3) is 0 Å². The number of hydrogen-bond donors (Lipinski definition) is 0. The molecule has 0 radical (unpaired) electrons. The van der Waals surface area contributed by atoms with Crippen LogP contribution < -0.4 is 0 Å². The molecule has 0 aliphatic carbocycles. The van der Waals surface area contributed by atoms with Crippen LogP contribution in [-0.4, -0.2) is 24.8 Å². The Labute approximate surface area is 121 Å². The van der Waals surface area contributed by atoms with E-state index in [1.54, 1.807) is 24.3 Å². The molecule has 5 nitrogen and oxygen atoms in total. The fourth-order valence-corrected chi connectivity index (χ4v) is 3.25. The van der Waals surface area contributed by atoms with Gasteiger partial charge in [-0.05, 0) is 29.8 Å². The van der Waals surface area contributed by atoms with Crippen molar-refractivity contribution in [3.63, 3.8) is 0 Å². The lowest BCUT2D eigenvalue weighted by atomic mass is 10.0. The first kappa shape index (κ1) is 13.8. The molecule has 0 saturated carbocycles. The molecule has 1 aliphatic heterocycles. The Balaban J connectivity index is 2.02. The van der Waals surface area contributed by atoms with E-state index in [-0.39, 0.29) is 0 Å². The molecule has 1 aromatic carbocycles. The summed E-state index contributed by atoms with van der Waals surface area (Å²) in [4.78, 5) is 0. The summed E-state index contributed by atoms with van der Waals surface area (Å²) in [6, 6.07) is 8.74. The van der Waals surface area contributed by atoms with E-state index in [0.29, 0.717) is 23.5 Å². The molecule has 1 aliphatic rings. The topological polar surface area (TPSA) is 62.9 Å². The number of rotatable bonds is 3. The summed E-state index contributed by atoms with van der Waals surface area (Å²) in [6.45, 7) is 0. The SMILES string of the molecule is CS(=O)(=O)N1N=C(c2ccco2)C[C@@H]1c1cccc(F)c1. The average Bonchev–Trinajstić information content (AvgIpc) is 3.07. The minimum absolute atomic E-state index is 0.337. The first-order chi connectivity index (χ1) is 9.95. The average molecular weight is 308 g/mol. The van der Waals surface area contributed by atoms with Crippen LogP contribution in [0.4, 0.5) is 4.39 Å². The third-order valence-corrected chi connectivity index (χ3v) is 4.27. The van der Waals surface area contributed by atoms with Crippen molar-refractivity contribution in [2.45, 2.75) is 12.5 Å². The Hall–Kier alpha value is -2.15. The Bertz CT molecular complexity index is 784. The highest BCUT2D eigenvalue weighted by Crippen LogP contribution is 2.34. The Morgan fingerprint density at radius 1 is 1.33 bits per heavy atom. The van der Waals surface area contributed by atoms with Crippen LogP contribution in [-0.2, 0) is 10.0 Å². The van der Waals surface area contributed by atoms with Crippen molar-refractivity contribution < 1.29 is 17.2 Å². The van der Waals surface area contributed by atoms with Gasteiger partial charge in [-0.1, -0.05) is 12.1 Å². The van der Waals surface area contributed by atoms with Gasteiger partial charge in [0.05, 0.1) is 18.6 Å². The molecule has 1 atom stereocenters. The summed E-state index contributed by atoms with van der Waals surface area (Å²) in [6.07, 6.45) is 2.91. The molecular weight excluding hydrogens is 295 g/mol. The molecule has 2 aromatic rings. The van der Waals surface area contributed by atoms with Crippen LogP contribution in [0.3, 0.4) is 0 Å². The van der Waals surface area contributed by atoms with Crippen molar-refractivity contribution in [1.82, 2.24) is 4.41 Å². The molecule has 0 N–H and O–H groups in total. The highest BCUT2D eigenvalue weighted by molar-refractivity contribution is 7.88. The second-order valence-corrected chi connectivity index (χ2v) is 6.67. The van der Waals surface area contributed by atoms with Gasteiger partial charge < -0.3 is 4.42 Å². The van der Waals surface area contributed by atoms with Gasteiger partial charge >= 0.3 is 0 Å². The van der Waals surface area contributed by atoms with Gasteiger partial charge in [-0.3, -0.25) is 0 Å². The highest BCUT2D eigenvalue weighted by atomic mass is 32.2. The van der Waals surface area contributed by atoms with Gasteiger partial charge in [0.25, 0.3) is 0 Å². The van der Waals surface area contributed by atoms with E-state index in [9.17, 15) is 12.8 Å². The molecule has 21 heavy (non-hydrogen) atoms. The Morgan fingerprint density at radius 2 is 2.14 bits per heavy atom. The van der Waals surface area contributed by atoms with E-state index < -0.39 is 21.9 Å². The van der Waals surface area contributed by atoms with Crippen molar-refractivity contribution in [2.24, 2.45) is 5.10 Å². The number of hydrazone groups is 1. The number of benzene rings is 1. The predicted octanol–water partition coefficient (Wildman–Crippen LogP) is 2.53. The maximum absolute atomic E-state index is 13.4. The molecule has 3 rings (SSSR count). The lowest BCUT2D eigenvalue weighted by Crippen LogP contribution is -2.26. The van der Waals surface area contributed by atoms with Crippen LogP contribution in [0, 0.1) is 5.82 Å². The van der Waals surface area contributed by atoms with Crippen molar-refractivity contribution in [2.75, 3.05) is 6.26 Å². The highest BCUT2D eigenvalue weighted by Gasteiger charge is 2.35. The maximum Gasteiger partial charge on any atom is 0.247 e. The van der Waals surface area contributed by atoms with Crippen molar-refractivity contribution >= 4 is 15.7 Å². The smallest absolute Gasteiger partial charge is 0.247 e. The Kier molecular flexibility index (Phi) is 3.29. The van der Waals surface area contributed by atoms with Gasteiger partial charge in [-0.25, -0.2) is 12.8 Å². The summed E-state index contributed by atoms with van der Waals surface area (Å²) in [5, 5.41) is 4.14. The first-order valence-electron chi connectivity index (χ1n) is 6.31. The first-order valence-corrected chi connectivity index (χ1v) is 8.16. The van der Waals surface area contributed by atoms with E-state index in [1.165, 1.54) is 18.4 Å². The summed E-state index contributed by atoms with van der Waals surface area (Å²) < 4.78 is 43.5. The van der Waals surface area contributed by atoms with Gasteiger partial charge in [0.2, 0.25) is 10.0 Å². The van der Waals surface area contributed by atoms with E-state index >= 15 is 0 Å². The summed E-state index contributed by atoms with van der Waals surface area (Å²) in [7, 11) is -3.55. The lowest BCUT2D eigenvalue weighted by molar-refractivity contribution is 0.373. The molecule has 0 saturated heterocycles. The molecule has 110 valence electrons. The number of halogens is 1. The van der Waals surface area contributed by atoms with Crippen LogP contribution in [0.1, 0.15) is 23.8 Å². The van der Waals surface area contributed by atoms with E-state index in [1.807, 2.05) is 0 Å². The molecule has 0 bridgehead atoms. The number of furan rings is 1. The lowest BCUT2D eigenvalue weighted by Gasteiger charge is -2.21. The van der Waals surface area contributed by atoms with Gasteiger partial charge in [0.15, 0.2) is 0 Å². The Morgan fingerprint density at radius 3 is 2.76 bits per heavy atom. The van der Waals surface area contributed by atoms with Crippen LogP contribution in [0.5, 0.6) is 0 Å². The third-order valence-electron chi connectivity index (χ3n) is 3.25. The maximum atomic E-state index is 13.4. The molecule has 2 heterocycles. The molecule has 1 aromatic heterocycles. The predicted molar refractivity (Wildman–Crippen MR) is 75.7 cm³/mol. The van der Waals surface area contributed by atoms with Crippen molar-refractivity contribution in [3.8, 4) is 0 Å². The number of sulfonamides is 1. The molecule has 0 amide bonds. The fraction of sp³-hybridized carbons (Fsp3) is 0.214. The normalized spacial score (nSPS) is 18.9. The number of hydrogen-bond acceptors (Lipinski definition) is 4. The minimum Gasteiger partial charge on any atom is -0.463 e. The van der Waals surface area contributed by atoms with E-state index in [2.05, 4.69) is 5.10 Å². The molecular formula is C14H13FN2O3S. The van der Waals surface area contributed by atoms with Crippen molar-refractivity contribution in [1.29, 1.82) is 0 Å². The zero-order valence-electron chi connectivity index (χ0n) is 11.2. The minimum atomic E-state index is -3.55. The van der Waals surface area contributed by atoms with E-state index in [0.717, 1.165) is 10.7 Å².